The molecule has 0 saturated heterocycles. The first kappa shape index (κ1) is 19.4. The molecule has 0 amide bonds. The molecule has 2 aromatic carbocycles. The lowest BCUT2D eigenvalue weighted by Gasteiger charge is -2.15. The standard InChI is InChI=1S/C24H21N3O3/c1-3-29-19-13-17(15-25-16-19)21-14-23(28)27(2)26-24(21)20-11-7-8-12-22(20)30-18-9-5-4-6-10-18/h4-16H,3H2,1-2H3. The zero-order chi connectivity index (χ0) is 20.9. The summed E-state index contributed by atoms with van der Waals surface area (Å²) in [6.07, 6.45) is 3.34. The van der Waals surface area contributed by atoms with Crippen LogP contribution in [0.25, 0.3) is 22.4 Å². The van der Waals surface area contributed by atoms with Gasteiger partial charge in [-0.05, 0) is 37.3 Å². The fraction of sp³-hybridized carbons (Fsp3) is 0.125. The molecular weight excluding hydrogens is 378 g/mol. The lowest BCUT2D eigenvalue weighted by atomic mass is 10.0. The van der Waals surface area contributed by atoms with Crippen molar-refractivity contribution in [2.24, 2.45) is 7.05 Å². The number of pyridine rings is 1. The molecule has 0 radical (unpaired) electrons. The number of aromatic nitrogens is 3. The molecular formula is C24H21N3O3. The monoisotopic (exact) mass is 399 g/mol. The average molecular weight is 399 g/mol. The van der Waals surface area contributed by atoms with Crippen LogP contribution in [0.4, 0.5) is 0 Å². The van der Waals surface area contributed by atoms with Crippen LogP contribution in [0.1, 0.15) is 6.92 Å². The Morgan fingerprint density at radius 2 is 1.67 bits per heavy atom. The first-order valence-corrected chi connectivity index (χ1v) is 9.64. The summed E-state index contributed by atoms with van der Waals surface area (Å²) in [6.45, 7) is 2.44. The molecule has 0 aliphatic carbocycles. The quantitative estimate of drug-likeness (QED) is 0.470. The number of rotatable bonds is 6. The summed E-state index contributed by atoms with van der Waals surface area (Å²) < 4.78 is 13.0. The molecule has 4 rings (SSSR count). The minimum atomic E-state index is -0.211. The van der Waals surface area contributed by atoms with Gasteiger partial charge in [-0.25, -0.2) is 4.68 Å². The molecule has 2 heterocycles. The predicted molar refractivity (Wildman–Crippen MR) is 116 cm³/mol. The van der Waals surface area contributed by atoms with Crippen molar-refractivity contribution in [3.63, 3.8) is 0 Å². The van der Waals surface area contributed by atoms with Gasteiger partial charge in [0.25, 0.3) is 5.56 Å². The topological polar surface area (TPSA) is 66.2 Å². The van der Waals surface area contributed by atoms with E-state index in [1.165, 1.54) is 4.68 Å². The van der Waals surface area contributed by atoms with Gasteiger partial charge in [-0.2, -0.15) is 5.10 Å². The highest BCUT2D eigenvalue weighted by Gasteiger charge is 2.17. The highest BCUT2D eigenvalue weighted by Crippen LogP contribution is 2.37. The van der Waals surface area contributed by atoms with Gasteiger partial charge < -0.3 is 9.47 Å². The fourth-order valence-corrected chi connectivity index (χ4v) is 3.14. The van der Waals surface area contributed by atoms with E-state index in [-0.39, 0.29) is 5.56 Å². The summed E-state index contributed by atoms with van der Waals surface area (Å²) in [6, 6.07) is 20.6. The molecule has 0 fully saturated rings. The van der Waals surface area contributed by atoms with E-state index in [1.54, 1.807) is 25.5 Å². The van der Waals surface area contributed by atoms with Crippen LogP contribution in [0, 0.1) is 0 Å². The van der Waals surface area contributed by atoms with Crippen molar-refractivity contribution in [2.75, 3.05) is 6.61 Å². The van der Waals surface area contributed by atoms with E-state index in [2.05, 4.69) is 10.1 Å². The maximum absolute atomic E-state index is 12.4. The molecule has 0 spiro atoms. The van der Waals surface area contributed by atoms with Crippen LogP contribution in [0.5, 0.6) is 17.2 Å². The van der Waals surface area contributed by atoms with Crippen LogP contribution >= 0.6 is 0 Å². The zero-order valence-electron chi connectivity index (χ0n) is 16.8. The Bertz CT molecular complexity index is 1220. The smallest absolute Gasteiger partial charge is 0.267 e. The van der Waals surface area contributed by atoms with E-state index < -0.39 is 0 Å². The molecule has 4 aromatic rings. The van der Waals surface area contributed by atoms with Crippen LogP contribution in [-0.2, 0) is 7.05 Å². The molecule has 0 N–H and O–H groups in total. The Morgan fingerprint density at radius 1 is 0.900 bits per heavy atom. The van der Waals surface area contributed by atoms with Gasteiger partial charge >= 0.3 is 0 Å². The number of hydrogen-bond acceptors (Lipinski definition) is 5. The molecule has 150 valence electrons. The van der Waals surface area contributed by atoms with Gasteiger partial charge in [0.05, 0.1) is 12.8 Å². The van der Waals surface area contributed by atoms with Gasteiger partial charge in [0.1, 0.15) is 22.9 Å². The van der Waals surface area contributed by atoms with Crippen LogP contribution in [0.2, 0.25) is 0 Å². The van der Waals surface area contributed by atoms with Gasteiger partial charge in [0, 0.05) is 36.0 Å². The lowest BCUT2D eigenvalue weighted by Crippen LogP contribution is -2.19. The second-order valence-electron chi connectivity index (χ2n) is 6.62. The second kappa shape index (κ2) is 8.61. The molecule has 0 saturated carbocycles. The van der Waals surface area contributed by atoms with Gasteiger partial charge in [-0.3, -0.25) is 9.78 Å². The molecule has 30 heavy (non-hydrogen) atoms. The Labute approximate surface area is 174 Å². The van der Waals surface area contributed by atoms with Crippen molar-refractivity contribution in [3.8, 4) is 39.6 Å². The van der Waals surface area contributed by atoms with Crippen molar-refractivity contribution in [3.05, 3.63) is 89.5 Å². The van der Waals surface area contributed by atoms with E-state index in [0.717, 1.165) is 16.9 Å². The van der Waals surface area contributed by atoms with Crippen LogP contribution in [-0.4, -0.2) is 21.4 Å². The third-order valence-electron chi connectivity index (χ3n) is 4.54. The summed E-state index contributed by atoms with van der Waals surface area (Å²) in [5.41, 5.74) is 2.59. The lowest BCUT2D eigenvalue weighted by molar-refractivity contribution is 0.339. The van der Waals surface area contributed by atoms with Crippen molar-refractivity contribution in [1.82, 2.24) is 14.8 Å². The number of aryl methyl sites for hydroxylation is 1. The third-order valence-corrected chi connectivity index (χ3v) is 4.54. The van der Waals surface area contributed by atoms with E-state index in [1.807, 2.05) is 67.6 Å². The molecule has 0 unspecified atom stereocenters. The molecule has 0 bridgehead atoms. The number of hydrogen-bond donors (Lipinski definition) is 0. The van der Waals surface area contributed by atoms with Crippen molar-refractivity contribution >= 4 is 0 Å². The van der Waals surface area contributed by atoms with Gasteiger partial charge in [0.2, 0.25) is 0 Å². The Kier molecular flexibility index (Phi) is 5.57. The fourth-order valence-electron chi connectivity index (χ4n) is 3.14. The van der Waals surface area contributed by atoms with Gasteiger partial charge in [-0.1, -0.05) is 30.3 Å². The minimum absolute atomic E-state index is 0.211. The second-order valence-corrected chi connectivity index (χ2v) is 6.62. The third kappa shape index (κ3) is 4.07. The number of para-hydroxylation sites is 2. The van der Waals surface area contributed by atoms with Crippen molar-refractivity contribution < 1.29 is 9.47 Å². The summed E-state index contributed by atoms with van der Waals surface area (Å²) in [5, 5.41) is 4.55. The highest BCUT2D eigenvalue weighted by molar-refractivity contribution is 5.83. The molecule has 2 aromatic heterocycles. The SMILES string of the molecule is CCOc1cncc(-c2cc(=O)n(C)nc2-c2ccccc2Oc2ccccc2)c1. The molecule has 0 aliphatic rings. The maximum Gasteiger partial charge on any atom is 0.267 e. The zero-order valence-corrected chi connectivity index (χ0v) is 16.8. The summed E-state index contributed by atoms with van der Waals surface area (Å²) in [5.74, 6) is 2.00. The Balaban J connectivity index is 1.87. The largest absolute Gasteiger partial charge is 0.492 e. The molecule has 0 aliphatic heterocycles. The normalized spacial score (nSPS) is 10.6. The predicted octanol–water partition coefficient (Wildman–Crippen LogP) is 4.70. The average Bonchev–Trinajstić information content (AvgIpc) is 2.77. The first-order chi connectivity index (χ1) is 14.7. The van der Waals surface area contributed by atoms with Crippen LogP contribution in [0.15, 0.2) is 83.9 Å². The number of nitrogens with zero attached hydrogens (tertiary/aromatic N) is 3. The van der Waals surface area contributed by atoms with Gasteiger partial charge in [0.15, 0.2) is 0 Å². The summed E-state index contributed by atoms with van der Waals surface area (Å²) >= 11 is 0. The Hall–Kier alpha value is -3.93. The van der Waals surface area contributed by atoms with Crippen LogP contribution < -0.4 is 15.0 Å². The van der Waals surface area contributed by atoms with Crippen LogP contribution in [0.3, 0.4) is 0 Å². The summed E-state index contributed by atoms with van der Waals surface area (Å²) in [7, 11) is 1.63. The van der Waals surface area contributed by atoms with E-state index >= 15 is 0 Å². The first-order valence-electron chi connectivity index (χ1n) is 9.64. The number of benzene rings is 2. The van der Waals surface area contributed by atoms with Crippen molar-refractivity contribution in [2.45, 2.75) is 6.92 Å². The van der Waals surface area contributed by atoms with E-state index in [9.17, 15) is 4.79 Å². The van der Waals surface area contributed by atoms with Gasteiger partial charge in [-0.15, -0.1) is 0 Å². The maximum atomic E-state index is 12.4. The van der Waals surface area contributed by atoms with E-state index in [0.29, 0.717) is 29.4 Å². The number of ether oxygens (including phenoxy) is 2. The minimum Gasteiger partial charge on any atom is -0.492 e. The Morgan fingerprint density at radius 3 is 2.47 bits per heavy atom. The highest BCUT2D eigenvalue weighted by atomic mass is 16.5. The molecule has 0 atom stereocenters. The molecule has 6 heteroatoms. The van der Waals surface area contributed by atoms with Crippen molar-refractivity contribution in [1.29, 1.82) is 0 Å². The summed E-state index contributed by atoms with van der Waals surface area (Å²) in [4.78, 5) is 16.7. The van der Waals surface area contributed by atoms with E-state index in [4.69, 9.17) is 9.47 Å². The molecule has 6 nitrogen and oxygen atoms in total.